The fraction of sp³-hybridized carbons (Fsp3) is 0.468. The van der Waals surface area contributed by atoms with E-state index in [0.717, 1.165) is 35.3 Å². The van der Waals surface area contributed by atoms with E-state index in [1.54, 1.807) is 25.2 Å². The van der Waals surface area contributed by atoms with E-state index < -0.39 is 52.9 Å². The number of hydrogen-bond donors (Lipinski definition) is 3. The van der Waals surface area contributed by atoms with Crippen molar-refractivity contribution in [1.29, 1.82) is 0 Å². The van der Waals surface area contributed by atoms with Crippen molar-refractivity contribution < 1.29 is 66.3 Å². The Morgan fingerprint density at radius 3 is 2.42 bits per heavy atom. The molecule has 5 fully saturated rings. The lowest BCUT2D eigenvalue weighted by molar-refractivity contribution is -0.136. The molecule has 0 aliphatic carbocycles. The molecule has 21 nitrogen and oxygen atoms in total. The Morgan fingerprint density at radius 1 is 0.906 bits per heavy atom. The zero-order valence-electron chi connectivity index (χ0n) is 47.3. The second kappa shape index (κ2) is 25.3. The van der Waals surface area contributed by atoms with Crippen LogP contribution >= 0.6 is 0 Å². The lowest BCUT2D eigenvalue weighted by Crippen LogP contribution is -2.54. The van der Waals surface area contributed by atoms with Crippen molar-refractivity contribution in [3.8, 4) is 35.4 Å². The monoisotopic (exact) mass is 1170 g/mol. The highest BCUT2D eigenvalue weighted by Crippen LogP contribution is 2.45. The minimum Gasteiger partial charge on any atom is -0.508 e. The first-order chi connectivity index (χ1) is 41.1. The number of ketones is 1. The quantitative estimate of drug-likeness (QED) is 0.0286. The summed E-state index contributed by atoms with van der Waals surface area (Å²) in [5, 5.41) is 17.6. The third-order valence-corrected chi connectivity index (χ3v) is 17.0. The summed E-state index contributed by atoms with van der Waals surface area (Å²) in [7, 11) is 1.64. The summed E-state index contributed by atoms with van der Waals surface area (Å²) in [6, 6.07) is 9.65. The largest absolute Gasteiger partial charge is 0.508 e. The number of aromatic nitrogens is 3. The number of terminal acetylenes is 1. The van der Waals surface area contributed by atoms with Crippen LogP contribution in [0.3, 0.4) is 0 Å². The minimum absolute atomic E-state index is 0.0277. The topological polar surface area (TPSA) is 244 Å². The Kier molecular flexibility index (Phi) is 17.5. The summed E-state index contributed by atoms with van der Waals surface area (Å²) >= 11 is 0. The second-order valence-electron chi connectivity index (χ2n) is 22.8. The molecule has 5 saturated heterocycles. The van der Waals surface area contributed by atoms with E-state index in [4.69, 9.17) is 35.1 Å². The number of hydrogen-bond acceptors (Lipinski definition) is 18. The Morgan fingerprint density at radius 2 is 1.66 bits per heavy atom. The van der Waals surface area contributed by atoms with Crippen LogP contribution in [0.1, 0.15) is 96.1 Å². The van der Waals surface area contributed by atoms with Gasteiger partial charge in [-0.25, -0.2) is 13.6 Å². The first-order valence-electron chi connectivity index (χ1n) is 28.9. The van der Waals surface area contributed by atoms with Crippen molar-refractivity contribution in [2.75, 3.05) is 91.0 Å². The Hall–Kier alpha value is -8.01. The maximum Gasteiger partial charge on any atom is 0.409 e. The van der Waals surface area contributed by atoms with E-state index >= 15 is 8.78 Å². The summed E-state index contributed by atoms with van der Waals surface area (Å²) in [6.45, 7) is 8.44. The van der Waals surface area contributed by atoms with Gasteiger partial charge in [-0.1, -0.05) is 30.2 Å². The average Bonchev–Trinajstić information content (AvgIpc) is 1.97. The third-order valence-electron chi connectivity index (χ3n) is 17.0. The van der Waals surface area contributed by atoms with E-state index in [2.05, 4.69) is 42.9 Å². The number of aryl methyl sites for hydroxylation is 1. The van der Waals surface area contributed by atoms with Crippen LogP contribution in [0.25, 0.3) is 32.9 Å². The molecule has 5 atom stereocenters. The number of imide groups is 2. The molecule has 5 aromatic rings. The molecule has 446 valence electrons. The second-order valence-corrected chi connectivity index (χ2v) is 22.8. The van der Waals surface area contributed by atoms with Crippen LogP contribution in [0.2, 0.25) is 0 Å². The summed E-state index contributed by atoms with van der Waals surface area (Å²) in [6.07, 6.45) is 12.6. The van der Waals surface area contributed by atoms with E-state index in [0.29, 0.717) is 94.8 Å². The number of pyridine rings is 1. The van der Waals surface area contributed by atoms with Gasteiger partial charge in [0.15, 0.2) is 5.82 Å². The Balaban J connectivity index is 0.600. The van der Waals surface area contributed by atoms with Gasteiger partial charge in [0.2, 0.25) is 11.8 Å². The number of nitrogens with one attached hydrogen (secondary N) is 2. The molecule has 2 aromatic heterocycles. The molecule has 3 aromatic carbocycles. The van der Waals surface area contributed by atoms with E-state index in [1.165, 1.54) is 35.4 Å². The van der Waals surface area contributed by atoms with E-state index in [1.807, 2.05) is 0 Å². The normalized spacial score (nSPS) is 21.9. The van der Waals surface area contributed by atoms with Gasteiger partial charge >= 0.3 is 12.1 Å². The molecule has 6 aliphatic rings. The van der Waals surface area contributed by atoms with Crippen LogP contribution in [0.4, 0.5) is 19.4 Å². The van der Waals surface area contributed by atoms with E-state index in [9.17, 15) is 33.9 Å². The number of benzene rings is 3. The molecular weight excluding hydrogens is 1100 g/mol. The SMILES string of the molecule is C#Cc1c(F)ccc2cc(O)cc(-c3ncc4c(N5CC6CCC(C5)N6)nc(OCC56CC[C@@H](COC(=O)N(C)CCOCCOCCOCCC(=O)CCCc7ccc8c(c7)C(=O)N(C7CCC(=O)NC7=O)C8=O)N5CC(=C)C6)nc4c3F)c12. The summed E-state index contributed by atoms with van der Waals surface area (Å²) in [5.41, 5.74) is 1.52. The van der Waals surface area contributed by atoms with Gasteiger partial charge in [-0.2, -0.15) is 9.97 Å². The van der Waals surface area contributed by atoms with Crippen LogP contribution < -0.4 is 20.3 Å². The van der Waals surface area contributed by atoms with Crippen LogP contribution in [0.5, 0.6) is 11.8 Å². The smallest absolute Gasteiger partial charge is 0.409 e. The number of carbonyl (C=O) groups is 6. The molecule has 2 bridgehead atoms. The number of Topliss-reactive ketones (excluding diaryl/α,β-unsaturated/α-hetero) is 1. The number of ether oxygens (including phenoxy) is 5. The molecule has 0 radical (unpaired) electrons. The molecule has 5 amide bonds. The molecule has 6 aliphatic heterocycles. The number of amides is 5. The standard InChI is InChI=1S/C62H67F2N9O12/c1-4-44-49(63)13-9-38-27-43(75)28-47(52(38)44)54-53(64)55-48(30-65-54)56(71-32-39-10-11-40(33-71)66-39)69-60(68-55)85-35-62-18-16-41(72(62)31-36(2)29-62)34-84-61(80)70(3)19-21-82-23-25-83-24-22-81-20-17-42(74)7-5-6-37-8-12-45-46(26-37)59(79)73(58(45)78)50-14-15-51(76)67-57(50)77/h1,8-9,12-13,26-28,30,39-41,50,66,75H,2,5-7,10-11,14-25,29,31-35H2,3H3,(H,67,76,77)/t39?,40?,41-,50?,62?/m0/s1. The van der Waals surface area contributed by atoms with Crippen molar-refractivity contribution in [3.05, 3.63) is 94.7 Å². The molecule has 8 heterocycles. The number of phenolic OH excluding ortho intramolecular Hbond substituents is 1. The predicted octanol–water partition coefficient (Wildman–Crippen LogP) is 5.79. The minimum atomic E-state index is -1.03. The molecule has 11 rings (SSSR count). The van der Waals surface area contributed by atoms with Crippen molar-refractivity contribution in [3.63, 3.8) is 0 Å². The lowest BCUT2D eigenvalue weighted by atomic mass is 9.94. The number of piperidine rings is 1. The summed E-state index contributed by atoms with van der Waals surface area (Å²) in [4.78, 5) is 96.7. The molecule has 4 unspecified atom stereocenters. The Labute approximate surface area is 489 Å². The molecule has 0 saturated carbocycles. The first-order valence-corrected chi connectivity index (χ1v) is 28.9. The van der Waals surface area contributed by atoms with Gasteiger partial charge in [0.05, 0.1) is 67.3 Å². The average molecular weight is 1170 g/mol. The number of halogens is 2. The summed E-state index contributed by atoms with van der Waals surface area (Å²) < 4.78 is 61.6. The van der Waals surface area contributed by atoms with Gasteiger partial charge in [0.1, 0.15) is 53.6 Å². The number of nitrogens with zero attached hydrogens (tertiary/aromatic N) is 7. The van der Waals surface area contributed by atoms with Gasteiger partial charge in [0, 0.05) is 87.8 Å². The number of anilines is 1. The number of likely N-dealkylation sites (N-methyl/N-ethyl adjacent to an activating group) is 1. The lowest BCUT2D eigenvalue weighted by Gasteiger charge is -2.35. The number of piperazine rings is 1. The zero-order chi connectivity index (χ0) is 59.5. The highest BCUT2D eigenvalue weighted by Gasteiger charge is 2.52. The number of rotatable bonds is 24. The zero-order valence-corrected chi connectivity index (χ0v) is 47.3. The molecule has 23 heteroatoms. The summed E-state index contributed by atoms with van der Waals surface area (Å²) in [5.74, 6) is -0.977. The van der Waals surface area contributed by atoms with Crippen molar-refractivity contribution in [1.82, 2.24) is 40.3 Å². The third kappa shape index (κ3) is 12.4. The highest BCUT2D eigenvalue weighted by molar-refractivity contribution is 6.23. The highest BCUT2D eigenvalue weighted by atomic mass is 19.1. The number of phenols is 1. The van der Waals surface area contributed by atoms with Crippen molar-refractivity contribution >= 4 is 63.0 Å². The molecule has 85 heavy (non-hydrogen) atoms. The number of aromatic hydroxyl groups is 1. The number of carbonyl (C=O) groups excluding carboxylic acids is 6. The van der Waals surface area contributed by atoms with Gasteiger partial charge in [0.25, 0.3) is 11.8 Å². The predicted molar refractivity (Wildman–Crippen MR) is 306 cm³/mol. The Bertz CT molecular complexity index is 3530. The van der Waals surface area contributed by atoms with E-state index in [-0.39, 0.29) is 127 Å². The molecule has 3 N–H and O–H groups in total. The van der Waals surface area contributed by atoms with Gasteiger partial charge < -0.3 is 43.9 Å². The maximum absolute atomic E-state index is 17.2. The van der Waals surface area contributed by atoms with Crippen LogP contribution in [0.15, 0.2) is 60.8 Å². The van der Waals surface area contributed by atoms with Crippen LogP contribution in [-0.4, -0.2) is 186 Å². The maximum atomic E-state index is 17.2. The van der Waals surface area contributed by atoms with Gasteiger partial charge in [-0.15, -0.1) is 6.42 Å². The fourth-order valence-corrected chi connectivity index (χ4v) is 12.8. The molecule has 0 spiro atoms. The first kappa shape index (κ1) is 58.8. The van der Waals surface area contributed by atoms with Crippen LogP contribution in [0, 0.1) is 24.0 Å². The van der Waals surface area contributed by atoms with Gasteiger partial charge in [-0.3, -0.25) is 44.1 Å². The van der Waals surface area contributed by atoms with Crippen molar-refractivity contribution in [2.45, 2.75) is 100 Å². The molecular formula is C62H67F2N9O12. The number of fused-ring (bicyclic) bond motifs is 6. The van der Waals surface area contributed by atoms with Gasteiger partial charge in [-0.05, 0) is 92.6 Å². The van der Waals surface area contributed by atoms with Crippen LogP contribution in [-0.2, 0) is 39.8 Å². The fourth-order valence-electron chi connectivity index (χ4n) is 12.8. The van der Waals surface area contributed by atoms with Crippen molar-refractivity contribution in [2.24, 2.45) is 0 Å².